The summed E-state index contributed by atoms with van der Waals surface area (Å²) in [5, 5.41) is 22.4. The van der Waals surface area contributed by atoms with Crippen molar-refractivity contribution in [2.75, 3.05) is 13.2 Å². The first-order valence-corrected chi connectivity index (χ1v) is 12.0. The van der Waals surface area contributed by atoms with E-state index in [2.05, 4.69) is 29.6 Å². The molecule has 1 unspecified atom stereocenters. The summed E-state index contributed by atoms with van der Waals surface area (Å²) in [6, 6.07) is 0.195. The quantitative estimate of drug-likeness (QED) is 0.252. The second-order valence-electron chi connectivity index (χ2n) is 8.71. The van der Waals surface area contributed by atoms with E-state index in [9.17, 15) is 9.90 Å². The third-order valence-corrected chi connectivity index (χ3v) is 5.71. The van der Waals surface area contributed by atoms with E-state index < -0.39 is 0 Å². The van der Waals surface area contributed by atoms with Crippen molar-refractivity contribution in [3.63, 3.8) is 0 Å². The molecule has 0 saturated heterocycles. The number of hydrogen-bond acceptors (Lipinski definition) is 4. The van der Waals surface area contributed by atoms with Gasteiger partial charge in [-0.2, -0.15) is 0 Å². The number of unbranched alkanes of at least 4 members (excludes halogenated alkanes) is 5. The number of ether oxygens (including phenoxy) is 1. The average Bonchev–Trinajstić information content (AvgIpc) is 2.98. The number of aliphatic hydroxyl groups is 2. The van der Waals surface area contributed by atoms with Crippen LogP contribution in [0.2, 0.25) is 0 Å². The van der Waals surface area contributed by atoms with Crippen molar-refractivity contribution < 1.29 is 19.7 Å². The van der Waals surface area contributed by atoms with Crippen LogP contribution >= 0.6 is 0 Å². The molecule has 1 amide bonds. The van der Waals surface area contributed by atoms with Crippen molar-refractivity contribution in [1.82, 2.24) is 5.32 Å². The lowest BCUT2D eigenvalue weighted by Crippen LogP contribution is -2.29. The Bertz CT molecular complexity index is 503. The molecule has 0 aromatic rings. The minimum absolute atomic E-state index is 0.0915. The molecule has 30 heavy (non-hydrogen) atoms. The van der Waals surface area contributed by atoms with Gasteiger partial charge in [-0.25, -0.2) is 0 Å². The van der Waals surface area contributed by atoms with Gasteiger partial charge in [0.25, 0.3) is 0 Å². The van der Waals surface area contributed by atoms with Crippen LogP contribution in [-0.2, 0) is 9.53 Å². The van der Waals surface area contributed by atoms with Gasteiger partial charge in [-0.3, -0.25) is 4.79 Å². The van der Waals surface area contributed by atoms with Crippen LogP contribution in [0.15, 0.2) is 24.3 Å². The predicted molar refractivity (Wildman–Crippen MR) is 123 cm³/mol. The zero-order valence-corrected chi connectivity index (χ0v) is 19.4. The van der Waals surface area contributed by atoms with Crippen LogP contribution in [0, 0.1) is 11.8 Å². The van der Waals surface area contributed by atoms with Crippen molar-refractivity contribution in [1.29, 1.82) is 0 Å². The van der Waals surface area contributed by atoms with Gasteiger partial charge in [0, 0.05) is 38.0 Å². The molecular weight excluding hydrogens is 378 g/mol. The Kier molecular flexibility index (Phi) is 14.8. The van der Waals surface area contributed by atoms with Crippen molar-refractivity contribution in [2.45, 2.75) is 103 Å². The Morgan fingerprint density at radius 3 is 2.53 bits per heavy atom. The number of rotatable bonds is 16. The van der Waals surface area contributed by atoms with Crippen molar-refractivity contribution >= 4 is 5.91 Å². The van der Waals surface area contributed by atoms with Crippen LogP contribution < -0.4 is 5.32 Å². The molecule has 1 aliphatic rings. The smallest absolute Gasteiger partial charge is 0.220 e. The predicted octanol–water partition coefficient (Wildman–Crippen LogP) is 4.53. The van der Waals surface area contributed by atoms with Gasteiger partial charge in [0.15, 0.2) is 0 Å². The van der Waals surface area contributed by atoms with E-state index in [0.717, 1.165) is 51.4 Å². The molecule has 4 atom stereocenters. The van der Waals surface area contributed by atoms with Crippen molar-refractivity contribution in [2.24, 2.45) is 11.8 Å². The van der Waals surface area contributed by atoms with Crippen LogP contribution in [0.4, 0.5) is 0 Å². The van der Waals surface area contributed by atoms with Crippen LogP contribution in [0.1, 0.15) is 85.0 Å². The van der Waals surface area contributed by atoms with Crippen LogP contribution in [-0.4, -0.2) is 47.6 Å². The highest BCUT2D eigenvalue weighted by molar-refractivity contribution is 5.76. The van der Waals surface area contributed by atoms with E-state index in [4.69, 9.17) is 9.84 Å². The molecule has 0 aromatic heterocycles. The normalized spacial score (nSPS) is 24.5. The summed E-state index contributed by atoms with van der Waals surface area (Å²) < 4.78 is 5.92. The molecule has 5 nitrogen and oxygen atoms in total. The molecule has 0 radical (unpaired) electrons. The Labute approximate surface area is 184 Å². The Morgan fingerprint density at radius 2 is 1.83 bits per heavy atom. The SMILES string of the molecule is CCO[C@@H]1C[C@H](O)C(C/C=C\CCCC(=O)NC(C)C)[C@H]1/C=C/CCCCCCO. The average molecular weight is 424 g/mol. The molecule has 3 N–H and O–H groups in total. The number of nitrogens with one attached hydrogen (secondary N) is 1. The second-order valence-corrected chi connectivity index (χ2v) is 8.71. The van der Waals surface area contributed by atoms with Gasteiger partial charge in [-0.1, -0.05) is 37.1 Å². The molecule has 5 heteroatoms. The fraction of sp³-hybridized carbons (Fsp3) is 0.800. The second kappa shape index (κ2) is 16.5. The summed E-state index contributed by atoms with van der Waals surface area (Å²) in [5.74, 6) is 0.553. The Hall–Kier alpha value is -1.17. The molecule has 1 fully saturated rings. The van der Waals surface area contributed by atoms with Gasteiger partial charge in [-0.05, 0) is 65.2 Å². The number of carbonyl (C=O) groups is 1. The first-order chi connectivity index (χ1) is 14.5. The number of allylic oxidation sites excluding steroid dienone is 3. The maximum atomic E-state index is 11.7. The third kappa shape index (κ3) is 11.3. The lowest BCUT2D eigenvalue weighted by atomic mass is 9.89. The largest absolute Gasteiger partial charge is 0.396 e. The summed E-state index contributed by atoms with van der Waals surface area (Å²) in [6.07, 6.45) is 17.7. The molecule has 1 rings (SSSR count). The molecule has 1 aliphatic carbocycles. The minimum Gasteiger partial charge on any atom is -0.396 e. The maximum Gasteiger partial charge on any atom is 0.220 e. The summed E-state index contributed by atoms with van der Waals surface area (Å²) in [4.78, 5) is 11.7. The molecule has 0 aromatic carbocycles. The molecule has 0 aliphatic heterocycles. The fourth-order valence-electron chi connectivity index (χ4n) is 4.20. The maximum absolute atomic E-state index is 11.7. The van der Waals surface area contributed by atoms with E-state index in [1.165, 1.54) is 0 Å². The Morgan fingerprint density at radius 1 is 1.10 bits per heavy atom. The molecular formula is C25H45NO4. The number of amides is 1. The number of carbonyl (C=O) groups excluding carboxylic acids is 1. The fourth-order valence-corrected chi connectivity index (χ4v) is 4.20. The van der Waals surface area contributed by atoms with Crippen LogP contribution in [0.25, 0.3) is 0 Å². The first-order valence-electron chi connectivity index (χ1n) is 12.0. The third-order valence-electron chi connectivity index (χ3n) is 5.71. The van der Waals surface area contributed by atoms with E-state index in [0.29, 0.717) is 19.4 Å². The molecule has 1 saturated carbocycles. The Balaban J connectivity index is 2.44. The summed E-state index contributed by atoms with van der Waals surface area (Å²) in [6.45, 7) is 6.91. The summed E-state index contributed by atoms with van der Waals surface area (Å²) in [5.41, 5.74) is 0. The molecule has 0 spiro atoms. The monoisotopic (exact) mass is 423 g/mol. The van der Waals surface area contributed by atoms with Gasteiger partial charge < -0.3 is 20.3 Å². The zero-order valence-electron chi connectivity index (χ0n) is 19.4. The highest BCUT2D eigenvalue weighted by Crippen LogP contribution is 2.38. The van der Waals surface area contributed by atoms with Gasteiger partial charge >= 0.3 is 0 Å². The van der Waals surface area contributed by atoms with Gasteiger partial charge in [0.05, 0.1) is 12.2 Å². The highest BCUT2D eigenvalue weighted by atomic mass is 16.5. The van der Waals surface area contributed by atoms with E-state index in [-0.39, 0.29) is 42.6 Å². The van der Waals surface area contributed by atoms with Crippen LogP contribution in [0.3, 0.4) is 0 Å². The van der Waals surface area contributed by atoms with E-state index >= 15 is 0 Å². The first kappa shape index (κ1) is 26.9. The molecule has 0 heterocycles. The molecule has 174 valence electrons. The standard InChI is InChI=1S/C25H45NO4/c1-4-30-24-19-23(28)21(22(24)16-12-7-5-6-10-14-18-27)15-11-8-9-13-17-25(29)26-20(2)3/h8,11-12,16,20-24,27-28H,4-7,9-10,13-15,17-19H2,1-3H3,(H,26,29)/b11-8-,16-12+/t21?,22-,23+,24-/m1/s1. The minimum atomic E-state index is -0.331. The van der Waals surface area contributed by atoms with Gasteiger partial charge in [0.2, 0.25) is 5.91 Å². The lowest BCUT2D eigenvalue weighted by Gasteiger charge is -2.21. The number of aliphatic hydroxyl groups excluding tert-OH is 2. The van der Waals surface area contributed by atoms with E-state index in [1.807, 2.05) is 20.8 Å². The zero-order chi connectivity index (χ0) is 22.2. The molecule has 0 bridgehead atoms. The number of hydrogen-bond donors (Lipinski definition) is 3. The van der Waals surface area contributed by atoms with Crippen molar-refractivity contribution in [3.05, 3.63) is 24.3 Å². The lowest BCUT2D eigenvalue weighted by molar-refractivity contribution is -0.121. The summed E-state index contributed by atoms with van der Waals surface area (Å²) >= 11 is 0. The highest BCUT2D eigenvalue weighted by Gasteiger charge is 2.40. The van der Waals surface area contributed by atoms with Gasteiger partial charge in [0.1, 0.15) is 0 Å². The van der Waals surface area contributed by atoms with Crippen molar-refractivity contribution in [3.8, 4) is 0 Å². The van der Waals surface area contributed by atoms with Crippen LogP contribution in [0.5, 0.6) is 0 Å². The topological polar surface area (TPSA) is 78.8 Å². The van der Waals surface area contributed by atoms with E-state index in [1.54, 1.807) is 0 Å². The summed E-state index contributed by atoms with van der Waals surface area (Å²) in [7, 11) is 0. The van der Waals surface area contributed by atoms with Gasteiger partial charge in [-0.15, -0.1) is 0 Å².